The molecule has 0 saturated heterocycles. The standard InChI is InChI=1S/C13H19BrClNO/c1-4-16-13(8-17-9(2)3)11-7-10(14)5-6-12(11)15/h5-7,9,13,16H,4,8H2,1-3H3. The zero-order valence-electron chi connectivity index (χ0n) is 10.5. The summed E-state index contributed by atoms with van der Waals surface area (Å²) in [5.74, 6) is 0. The van der Waals surface area contributed by atoms with E-state index in [-0.39, 0.29) is 12.1 Å². The van der Waals surface area contributed by atoms with Gasteiger partial charge in [0.25, 0.3) is 0 Å². The van der Waals surface area contributed by atoms with Crippen LogP contribution in [-0.2, 0) is 4.74 Å². The highest BCUT2D eigenvalue weighted by Crippen LogP contribution is 2.27. The normalized spacial score (nSPS) is 13.1. The predicted octanol–water partition coefficient (Wildman–Crippen LogP) is 4.18. The maximum absolute atomic E-state index is 6.23. The van der Waals surface area contributed by atoms with Crippen LogP contribution in [0.3, 0.4) is 0 Å². The molecule has 1 atom stereocenters. The van der Waals surface area contributed by atoms with Crippen molar-refractivity contribution in [3.63, 3.8) is 0 Å². The van der Waals surface area contributed by atoms with Crippen molar-refractivity contribution in [2.24, 2.45) is 0 Å². The predicted molar refractivity (Wildman–Crippen MR) is 76.7 cm³/mol. The van der Waals surface area contributed by atoms with Gasteiger partial charge in [-0.15, -0.1) is 0 Å². The number of rotatable bonds is 6. The summed E-state index contributed by atoms with van der Waals surface area (Å²) < 4.78 is 6.70. The molecule has 0 saturated carbocycles. The molecule has 17 heavy (non-hydrogen) atoms. The van der Waals surface area contributed by atoms with E-state index in [0.29, 0.717) is 6.61 Å². The highest BCUT2D eigenvalue weighted by Gasteiger charge is 2.15. The fraction of sp³-hybridized carbons (Fsp3) is 0.538. The van der Waals surface area contributed by atoms with E-state index in [1.807, 2.05) is 32.0 Å². The second-order valence-corrected chi connectivity index (χ2v) is 5.48. The molecule has 0 aliphatic rings. The second-order valence-electron chi connectivity index (χ2n) is 4.16. The zero-order chi connectivity index (χ0) is 12.8. The van der Waals surface area contributed by atoms with Crippen LogP contribution in [0.1, 0.15) is 32.4 Å². The van der Waals surface area contributed by atoms with Crippen LogP contribution in [0, 0.1) is 0 Å². The van der Waals surface area contributed by atoms with Crippen LogP contribution in [0.2, 0.25) is 5.02 Å². The third-order valence-corrected chi connectivity index (χ3v) is 3.22. The second kappa shape index (κ2) is 7.37. The fourth-order valence-electron chi connectivity index (χ4n) is 1.58. The summed E-state index contributed by atoms with van der Waals surface area (Å²) in [4.78, 5) is 0. The van der Waals surface area contributed by atoms with Gasteiger partial charge in [0.2, 0.25) is 0 Å². The molecule has 0 spiro atoms. The van der Waals surface area contributed by atoms with E-state index in [1.165, 1.54) is 0 Å². The van der Waals surface area contributed by atoms with E-state index in [0.717, 1.165) is 21.6 Å². The molecule has 1 aromatic carbocycles. The fourth-order valence-corrected chi connectivity index (χ4v) is 2.20. The molecule has 1 unspecified atom stereocenters. The topological polar surface area (TPSA) is 21.3 Å². The Hall–Kier alpha value is -0.0900. The van der Waals surface area contributed by atoms with Gasteiger partial charge in [0.15, 0.2) is 0 Å². The lowest BCUT2D eigenvalue weighted by molar-refractivity contribution is 0.0614. The van der Waals surface area contributed by atoms with Crippen molar-refractivity contribution in [1.29, 1.82) is 0 Å². The van der Waals surface area contributed by atoms with E-state index in [1.54, 1.807) is 0 Å². The van der Waals surface area contributed by atoms with Gasteiger partial charge in [0.1, 0.15) is 0 Å². The Labute approximate surface area is 117 Å². The van der Waals surface area contributed by atoms with Gasteiger partial charge in [-0.2, -0.15) is 0 Å². The van der Waals surface area contributed by atoms with Crippen LogP contribution in [0.25, 0.3) is 0 Å². The van der Waals surface area contributed by atoms with E-state index in [2.05, 4.69) is 28.2 Å². The average molecular weight is 321 g/mol. The van der Waals surface area contributed by atoms with Crippen LogP contribution in [0.5, 0.6) is 0 Å². The van der Waals surface area contributed by atoms with Crippen molar-refractivity contribution in [3.05, 3.63) is 33.3 Å². The Bertz CT molecular complexity index is 357. The number of nitrogens with one attached hydrogen (secondary N) is 1. The molecule has 0 radical (unpaired) electrons. The highest BCUT2D eigenvalue weighted by atomic mass is 79.9. The third kappa shape index (κ3) is 4.96. The summed E-state index contributed by atoms with van der Waals surface area (Å²) in [5.41, 5.74) is 1.07. The van der Waals surface area contributed by atoms with Gasteiger partial charge < -0.3 is 10.1 Å². The smallest absolute Gasteiger partial charge is 0.0665 e. The first kappa shape index (κ1) is 15.0. The summed E-state index contributed by atoms with van der Waals surface area (Å²) in [6.07, 6.45) is 0.224. The first-order valence-electron chi connectivity index (χ1n) is 5.84. The molecule has 0 aliphatic carbocycles. The average Bonchev–Trinajstić information content (AvgIpc) is 2.27. The molecule has 0 fully saturated rings. The highest BCUT2D eigenvalue weighted by molar-refractivity contribution is 9.10. The van der Waals surface area contributed by atoms with E-state index in [4.69, 9.17) is 16.3 Å². The lowest BCUT2D eigenvalue weighted by atomic mass is 10.1. The van der Waals surface area contributed by atoms with Crippen molar-refractivity contribution < 1.29 is 4.74 Å². The van der Waals surface area contributed by atoms with E-state index < -0.39 is 0 Å². The Morgan fingerprint density at radius 3 is 2.71 bits per heavy atom. The first-order chi connectivity index (χ1) is 8.04. The number of hydrogen-bond donors (Lipinski definition) is 1. The van der Waals surface area contributed by atoms with Gasteiger partial charge in [0, 0.05) is 9.50 Å². The lowest BCUT2D eigenvalue weighted by Gasteiger charge is -2.21. The van der Waals surface area contributed by atoms with Crippen molar-refractivity contribution in [2.75, 3.05) is 13.2 Å². The molecule has 0 amide bonds. The molecule has 0 bridgehead atoms. The Morgan fingerprint density at radius 2 is 2.12 bits per heavy atom. The monoisotopic (exact) mass is 319 g/mol. The Balaban J connectivity index is 2.84. The Morgan fingerprint density at radius 1 is 1.41 bits per heavy atom. The number of likely N-dealkylation sites (N-methyl/N-ethyl adjacent to an activating group) is 1. The van der Waals surface area contributed by atoms with Crippen molar-refractivity contribution in [3.8, 4) is 0 Å². The molecule has 96 valence electrons. The van der Waals surface area contributed by atoms with Crippen LogP contribution in [-0.4, -0.2) is 19.3 Å². The van der Waals surface area contributed by atoms with Gasteiger partial charge in [-0.05, 0) is 44.2 Å². The quantitative estimate of drug-likeness (QED) is 0.849. The van der Waals surface area contributed by atoms with Crippen molar-refractivity contribution in [2.45, 2.75) is 32.9 Å². The lowest BCUT2D eigenvalue weighted by Crippen LogP contribution is -2.27. The molecule has 0 heterocycles. The number of halogens is 2. The summed E-state index contributed by atoms with van der Waals surface area (Å²) in [5, 5.41) is 4.16. The largest absolute Gasteiger partial charge is 0.377 e. The van der Waals surface area contributed by atoms with E-state index in [9.17, 15) is 0 Å². The molecule has 2 nitrogen and oxygen atoms in total. The summed E-state index contributed by atoms with van der Waals surface area (Å²) in [7, 11) is 0. The maximum atomic E-state index is 6.23. The van der Waals surface area contributed by atoms with Gasteiger partial charge >= 0.3 is 0 Å². The van der Waals surface area contributed by atoms with Gasteiger partial charge in [-0.3, -0.25) is 0 Å². The van der Waals surface area contributed by atoms with Crippen LogP contribution in [0.15, 0.2) is 22.7 Å². The number of benzene rings is 1. The SMILES string of the molecule is CCNC(COC(C)C)c1cc(Br)ccc1Cl. The molecule has 1 rings (SSSR count). The van der Waals surface area contributed by atoms with Gasteiger partial charge in [-0.25, -0.2) is 0 Å². The summed E-state index contributed by atoms with van der Waals surface area (Å²) in [6.45, 7) is 7.65. The molecule has 1 aromatic rings. The first-order valence-corrected chi connectivity index (χ1v) is 7.01. The molecule has 1 N–H and O–H groups in total. The maximum Gasteiger partial charge on any atom is 0.0665 e. The third-order valence-electron chi connectivity index (χ3n) is 2.38. The molecular formula is C13H19BrClNO. The molecule has 0 aliphatic heterocycles. The zero-order valence-corrected chi connectivity index (χ0v) is 12.8. The van der Waals surface area contributed by atoms with E-state index >= 15 is 0 Å². The minimum atomic E-state index is 0.132. The van der Waals surface area contributed by atoms with Gasteiger partial charge in [-0.1, -0.05) is 34.5 Å². The molecule has 0 aromatic heterocycles. The van der Waals surface area contributed by atoms with Crippen molar-refractivity contribution >= 4 is 27.5 Å². The van der Waals surface area contributed by atoms with Crippen LogP contribution < -0.4 is 5.32 Å². The minimum Gasteiger partial charge on any atom is -0.377 e. The molecule has 4 heteroatoms. The number of hydrogen-bond acceptors (Lipinski definition) is 2. The Kier molecular flexibility index (Phi) is 6.49. The minimum absolute atomic E-state index is 0.132. The van der Waals surface area contributed by atoms with Gasteiger partial charge in [0.05, 0.1) is 18.8 Å². The summed E-state index contributed by atoms with van der Waals surface area (Å²) in [6, 6.07) is 6.02. The number of ether oxygens (including phenoxy) is 1. The van der Waals surface area contributed by atoms with Crippen molar-refractivity contribution in [1.82, 2.24) is 5.32 Å². The van der Waals surface area contributed by atoms with Crippen LogP contribution in [0.4, 0.5) is 0 Å². The summed E-state index contributed by atoms with van der Waals surface area (Å²) >= 11 is 9.69. The van der Waals surface area contributed by atoms with Crippen LogP contribution >= 0.6 is 27.5 Å². The molecular weight excluding hydrogens is 302 g/mol.